The lowest BCUT2D eigenvalue weighted by atomic mass is 10.1. The summed E-state index contributed by atoms with van der Waals surface area (Å²) in [7, 11) is -2.12. The van der Waals surface area contributed by atoms with Gasteiger partial charge in [-0.1, -0.05) is 60.7 Å². The highest BCUT2D eigenvalue weighted by atomic mass is 32.2. The average molecular weight is 501 g/mol. The molecular weight excluding hydrogens is 477 g/mol. The van der Waals surface area contributed by atoms with E-state index < -0.39 is 21.6 Å². The highest BCUT2D eigenvalue weighted by Gasteiger charge is 2.30. The number of carbonyl (C=O) groups excluding carboxylic acids is 1. The van der Waals surface area contributed by atoms with Crippen LogP contribution in [-0.4, -0.2) is 30.8 Å². The third kappa shape index (κ3) is 5.57. The molecule has 1 heterocycles. The van der Waals surface area contributed by atoms with Gasteiger partial charge in [-0.15, -0.1) is 0 Å². The first kappa shape index (κ1) is 24.5. The zero-order chi connectivity index (χ0) is 25.2. The molecule has 3 aromatic carbocycles. The lowest BCUT2D eigenvalue weighted by Gasteiger charge is -2.18. The molecule has 0 saturated heterocycles. The van der Waals surface area contributed by atoms with E-state index in [1.165, 1.54) is 23.2 Å². The normalized spacial score (nSPS) is 12.1. The van der Waals surface area contributed by atoms with Gasteiger partial charge >= 0.3 is 6.18 Å². The Morgan fingerprint density at radius 1 is 0.886 bits per heavy atom. The second-order valence-corrected chi connectivity index (χ2v) is 10.3. The van der Waals surface area contributed by atoms with Crippen LogP contribution in [0.5, 0.6) is 0 Å². The van der Waals surface area contributed by atoms with Crippen molar-refractivity contribution < 1.29 is 26.4 Å². The van der Waals surface area contributed by atoms with Gasteiger partial charge in [0.25, 0.3) is 0 Å². The first-order valence-corrected chi connectivity index (χ1v) is 12.4. The number of aromatic nitrogens is 1. The highest BCUT2D eigenvalue weighted by Crippen LogP contribution is 2.30. The number of fused-ring (bicyclic) bond motifs is 1. The van der Waals surface area contributed by atoms with E-state index in [1.54, 1.807) is 60.1 Å². The van der Waals surface area contributed by atoms with Crippen molar-refractivity contribution in [2.24, 2.45) is 0 Å². The van der Waals surface area contributed by atoms with Gasteiger partial charge in [0.05, 0.1) is 16.2 Å². The SMILES string of the molecule is CN(Cc1ccc(C(F)(F)F)cc1)C(=O)Cn1cc(S(=O)(=O)Cc2ccccc2)c2ccccc21. The number of nitrogens with zero attached hydrogens (tertiary/aromatic N) is 2. The van der Waals surface area contributed by atoms with Crippen molar-refractivity contribution in [3.05, 3.63) is 102 Å². The molecule has 1 aromatic heterocycles. The van der Waals surface area contributed by atoms with Crippen LogP contribution in [0.3, 0.4) is 0 Å². The number of carbonyl (C=O) groups is 1. The molecule has 0 atom stereocenters. The zero-order valence-electron chi connectivity index (χ0n) is 18.9. The van der Waals surface area contributed by atoms with Gasteiger partial charge in [-0.3, -0.25) is 4.79 Å². The Kier molecular flexibility index (Phi) is 6.71. The summed E-state index contributed by atoms with van der Waals surface area (Å²) in [6, 6.07) is 20.5. The standard InChI is InChI=1S/C26H23F3N2O3S/c1-30(15-19-11-13-21(14-12-19)26(27,28)29)25(32)17-31-16-24(22-9-5-6-10-23(22)31)35(33,34)18-20-7-3-2-4-8-20/h2-14,16H,15,17-18H2,1H3. The van der Waals surface area contributed by atoms with Crippen LogP contribution in [0.15, 0.2) is 90.0 Å². The van der Waals surface area contributed by atoms with E-state index in [2.05, 4.69) is 0 Å². The van der Waals surface area contributed by atoms with Crippen LogP contribution in [0.1, 0.15) is 16.7 Å². The average Bonchev–Trinajstić information content (AvgIpc) is 3.18. The van der Waals surface area contributed by atoms with Crippen LogP contribution >= 0.6 is 0 Å². The molecule has 4 aromatic rings. The molecule has 0 unspecified atom stereocenters. The van der Waals surface area contributed by atoms with Gasteiger partial charge in [0.15, 0.2) is 9.84 Å². The maximum atomic E-state index is 13.2. The lowest BCUT2D eigenvalue weighted by molar-refractivity contribution is -0.137. The second-order valence-electron chi connectivity index (χ2n) is 8.33. The minimum atomic E-state index is -4.42. The molecule has 1 amide bonds. The van der Waals surface area contributed by atoms with Crippen LogP contribution in [0.25, 0.3) is 10.9 Å². The van der Waals surface area contributed by atoms with Crippen molar-refractivity contribution in [2.75, 3.05) is 7.05 Å². The van der Waals surface area contributed by atoms with Crippen LogP contribution in [0.4, 0.5) is 13.2 Å². The van der Waals surface area contributed by atoms with Crippen LogP contribution in [-0.2, 0) is 39.7 Å². The van der Waals surface area contributed by atoms with Crippen molar-refractivity contribution in [3.63, 3.8) is 0 Å². The molecule has 0 aliphatic rings. The molecule has 0 fully saturated rings. The van der Waals surface area contributed by atoms with E-state index in [9.17, 15) is 26.4 Å². The first-order chi connectivity index (χ1) is 16.5. The number of amides is 1. The number of hydrogen-bond acceptors (Lipinski definition) is 3. The van der Waals surface area contributed by atoms with Gasteiger partial charge in [0.2, 0.25) is 5.91 Å². The Bertz CT molecular complexity index is 1440. The Hall–Kier alpha value is -3.59. The number of hydrogen-bond donors (Lipinski definition) is 0. The van der Waals surface area contributed by atoms with E-state index in [-0.39, 0.29) is 29.6 Å². The fraction of sp³-hybridized carbons (Fsp3) is 0.192. The fourth-order valence-electron chi connectivity index (χ4n) is 3.89. The molecule has 0 spiro atoms. The number of benzene rings is 3. The van der Waals surface area contributed by atoms with Crippen molar-refractivity contribution in [1.29, 1.82) is 0 Å². The predicted octanol–water partition coefficient (Wildman–Crippen LogP) is 5.29. The molecule has 0 N–H and O–H groups in total. The van der Waals surface area contributed by atoms with Gasteiger partial charge in [-0.05, 0) is 29.3 Å². The molecule has 0 aliphatic carbocycles. The van der Waals surface area contributed by atoms with E-state index in [0.717, 1.165) is 12.1 Å². The lowest BCUT2D eigenvalue weighted by Crippen LogP contribution is -2.29. The van der Waals surface area contributed by atoms with E-state index in [0.29, 0.717) is 22.0 Å². The summed E-state index contributed by atoms with van der Waals surface area (Å²) in [5.74, 6) is -0.471. The number of para-hydroxylation sites is 1. The topological polar surface area (TPSA) is 59.4 Å². The third-order valence-electron chi connectivity index (χ3n) is 5.72. The van der Waals surface area contributed by atoms with E-state index in [4.69, 9.17) is 0 Å². The van der Waals surface area contributed by atoms with Crippen LogP contribution < -0.4 is 0 Å². The van der Waals surface area contributed by atoms with Crippen LogP contribution in [0.2, 0.25) is 0 Å². The Balaban J connectivity index is 1.55. The first-order valence-electron chi connectivity index (χ1n) is 10.8. The van der Waals surface area contributed by atoms with E-state index >= 15 is 0 Å². The zero-order valence-corrected chi connectivity index (χ0v) is 19.7. The number of halogens is 3. The summed E-state index contributed by atoms with van der Waals surface area (Å²) in [6.07, 6.45) is -2.94. The van der Waals surface area contributed by atoms with Gasteiger partial charge < -0.3 is 9.47 Å². The number of sulfone groups is 1. The monoisotopic (exact) mass is 500 g/mol. The minimum absolute atomic E-state index is 0.113. The van der Waals surface area contributed by atoms with Crippen molar-refractivity contribution in [3.8, 4) is 0 Å². The second kappa shape index (κ2) is 9.58. The van der Waals surface area contributed by atoms with Crippen LogP contribution in [0, 0.1) is 0 Å². The summed E-state index contributed by atoms with van der Waals surface area (Å²) < 4.78 is 66.3. The van der Waals surface area contributed by atoms with E-state index in [1.807, 2.05) is 6.07 Å². The molecule has 4 rings (SSSR count). The quantitative estimate of drug-likeness (QED) is 0.346. The fourth-order valence-corrected chi connectivity index (χ4v) is 5.47. The molecular formula is C26H23F3N2O3S. The summed E-state index contributed by atoms with van der Waals surface area (Å²) in [4.78, 5) is 14.5. The van der Waals surface area contributed by atoms with Crippen molar-refractivity contribution in [1.82, 2.24) is 9.47 Å². The minimum Gasteiger partial charge on any atom is -0.340 e. The van der Waals surface area contributed by atoms with Gasteiger partial charge in [-0.2, -0.15) is 13.2 Å². The number of rotatable bonds is 7. The Labute approximate surface area is 201 Å². The summed E-state index contributed by atoms with van der Waals surface area (Å²) in [5.41, 5.74) is 1.07. The van der Waals surface area contributed by atoms with Gasteiger partial charge in [0.1, 0.15) is 6.54 Å². The molecule has 0 saturated carbocycles. The van der Waals surface area contributed by atoms with Gasteiger partial charge in [0, 0.05) is 30.7 Å². The molecule has 0 bridgehead atoms. The maximum absolute atomic E-state index is 13.2. The largest absolute Gasteiger partial charge is 0.416 e. The summed E-state index contributed by atoms with van der Waals surface area (Å²) in [5, 5.41) is 0.529. The maximum Gasteiger partial charge on any atom is 0.416 e. The summed E-state index contributed by atoms with van der Waals surface area (Å²) in [6.45, 7) is 0.00778. The van der Waals surface area contributed by atoms with Gasteiger partial charge in [-0.25, -0.2) is 8.42 Å². The van der Waals surface area contributed by atoms with Crippen molar-refractivity contribution >= 4 is 26.6 Å². The highest BCUT2D eigenvalue weighted by molar-refractivity contribution is 7.90. The number of alkyl halides is 3. The molecule has 0 aliphatic heterocycles. The Morgan fingerprint density at radius 3 is 2.17 bits per heavy atom. The van der Waals surface area contributed by atoms with Crippen molar-refractivity contribution in [2.45, 2.75) is 29.9 Å². The molecule has 9 heteroatoms. The number of likely N-dealkylation sites (N-methyl/N-ethyl adjacent to an activating group) is 1. The predicted molar refractivity (Wildman–Crippen MR) is 127 cm³/mol. The molecule has 0 radical (unpaired) electrons. The smallest absolute Gasteiger partial charge is 0.340 e. The molecule has 182 valence electrons. The summed E-state index contributed by atoms with van der Waals surface area (Å²) >= 11 is 0. The molecule has 5 nitrogen and oxygen atoms in total. The Morgan fingerprint density at radius 2 is 1.51 bits per heavy atom. The molecule has 35 heavy (non-hydrogen) atoms. The third-order valence-corrected chi connectivity index (χ3v) is 7.43.